The maximum atomic E-state index is 12.5. The first kappa shape index (κ1) is 19.0. The lowest BCUT2D eigenvalue weighted by Gasteiger charge is -2.14. The molecule has 0 aliphatic rings. The highest BCUT2D eigenvalue weighted by Crippen LogP contribution is 2.27. The van der Waals surface area contributed by atoms with Crippen LogP contribution in [0.2, 0.25) is 0 Å². The molecule has 3 aromatic carbocycles. The van der Waals surface area contributed by atoms with Gasteiger partial charge < -0.3 is 0 Å². The molecular formula is C21H18N2O2S2. The number of rotatable bonds is 6. The van der Waals surface area contributed by atoms with E-state index in [4.69, 9.17) is 5.26 Å². The molecule has 27 heavy (non-hydrogen) atoms. The van der Waals surface area contributed by atoms with Gasteiger partial charge in [-0.2, -0.15) is 17.9 Å². The number of benzene rings is 3. The van der Waals surface area contributed by atoms with E-state index in [9.17, 15) is 8.42 Å². The summed E-state index contributed by atoms with van der Waals surface area (Å²) >= 11 is 4.67. The molecule has 0 amide bonds. The molecule has 0 bridgehead atoms. The third-order valence-electron chi connectivity index (χ3n) is 4.09. The van der Waals surface area contributed by atoms with Crippen LogP contribution in [0.25, 0.3) is 0 Å². The fourth-order valence-corrected chi connectivity index (χ4v) is 4.12. The molecule has 6 heteroatoms. The number of hydrogen-bond donors (Lipinski definition) is 2. The van der Waals surface area contributed by atoms with Crippen molar-refractivity contribution in [1.29, 1.82) is 5.26 Å². The third-order valence-corrected chi connectivity index (χ3v) is 5.97. The predicted octanol–water partition coefficient (Wildman–Crippen LogP) is 4.57. The molecule has 0 saturated heterocycles. The van der Waals surface area contributed by atoms with Crippen molar-refractivity contribution in [3.8, 4) is 6.07 Å². The molecule has 0 aliphatic carbocycles. The van der Waals surface area contributed by atoms with Gasteiger partial charge in [0.25, 0.3) is 10.0 Å². The van der Waals surface area contributed by atoms with E-state index in [-0.39, 0.29) is 10.1 Å². The molecule has 0 spiro atoms. The maximum absolute atomic E-state index is 12.5. The fraction of sp³-hybridized carbons (Fsp3) is 0.0952. The molecule has 1 atom stereocenters. The summed E-state index contributed by atoms with van der Waals surface area (Å²) in [5.41, 5.74) is 3.09. The van der Waals surface area contributed by atoms with Gasteiger partial charge in [0.15, 0.2) is 0 Å². The van der Waals surface area contributed by atoms with Crippen LogP contribution in [0.1, 0.15) is 21.9 Å². The average Bonchev–Trinajstić information content (AvgIpc) is 2.69. The van der Waals surface area contributed by atoms with Gasteiger partial charge in [0.1, 0.15) is 0 Å². The van der Waals surface area contributed by atoms with Crippen molar-refractivity contribution in [3.05, 3.63) is 95.6 Å². The van der Waals surface area contributed by atoms with E-state index in [2.05, 4.69) is 23.4 Å². The Hall–Kier alpha value is -2.75. The van der Waals surface area contributed by atoms with E-state index >= 15 is 0 Å². The minimum absolute atomic E-state index is 0.0980. The van der Waals surface area contributed by atoms with Crippen LogP contribution in [0.5, 0.6) is 0 Å². The summed E-state index contributed by atoms with van der Waals surface area (Å²) in [6, 6.07) is 25.0. The molecule has 0 radical (unpaired) electrons. The molecule has 0 aromatic heterocycles. The van der Waals surface area contributed by atoms with Crippen molar-refractivity contribution in [2.24, 2.45) is 0 Å². The summed E-state index contributed by atoms with van der Waals surface area (Å²) in [6.07, 6.45) is 0.670. The topological polar surface area (TPSA) is 70.0 Å². The third kappa shape index (κ3) is 4.91. The van der Waals surface area contributed by atoms with Crippen molar-refractivity contribution in [1.82, 2.24) is 0 Å². The van der Waals surface area contributed by atoms with Gasteiger partial charge in [-0.1, -0.05) is 42.5 Å². The minimum atomic E-state index is -3.63. The van der Waals surface area contributed by atoms with Crippen molar-refractivity contribution in [2.75, 3.05) is 4.72 Å². The maximum Gasteiger partial charge on any atom is 0.261 e. The molecule has 0 saturated carbocycles. The largest absolute Gasteiger partial charge is 0.280 e. The van der Waals surface area contributed by atoms with Crippen LogP contribution < -0.4 is 4.72 Å². The first-order valence-electron chi connectivity index (χ1n) is 8.33. The van der Waals surface area contributed by atoms with Gasteiger partial charge in [-0.25, -0.2) is 8.42 Å². The van der Waals surface area contributed by atoms with Gasteiger partial charge in [-0.15, -0.1) is 0 Å². The zero-order valence-electron chi connectivity index (χ0n) is 14.4. The Labute approximate surface area is 164 Å². The van der Waals surface area contributed by atoms with Crippen LogP contribution in [0, 0.1) is 11.3 Å². The van der Waals surface area contributed by atoms with Crippen molar-refractivity contribution in [2.45, 2.75) is 16.6 Å². The Morgan fingerprint density at radius 2 is 1.67 bits per heavy atom. The predicted molar refractivity (Wildman–Crippen MR) is 110 cm³/mol. The number of sulfonamides is 1. The molecule has 4 nitrogen and oxygen atoms in total. The molecule has 0 fully saturated rings. The van der Waals surface area contributed by atoms with Gasteiger partial charge in [-0.05, 0) is 53.9 Å². The summed E-state index contributed by atoms with van der Waals surface area (Å²) in [5.74, 6) is 0. The molecule has 1 unspecified atom stereocenters. The second kappa shape index (κ2) is 8.30. The van der Waals surface area contributed by atoms with Gasteiger partial charge in [0.05, 0.1) is 16.5 Å². The number of nitriles is 1. The zero-order valence-corrected chi connectivity index (χ0v) is 16.1. The van der Waals surface area contributed by atoms with E-state index in [1.54, 1.807) is 60.7 Å². The highest BCUT2D eigenvalue weighted by atomic mass is 32.2. The van der Waals surface area contributed by atoms with Crippen LogP contribution in [0.3, 0.4) is 0 Å². The first-order valence-corrected chi connectivity index (χ1v) is 10.3. The molecule has 0 aliphatic heterocycles. The van der Waals surface area contributed by atoms with E-state index in [0.29, 0.717) is 17.7 Å². The van der Waals surface area contributed by atoms with Crippen LogP contribution in [-0.2, 0) is 16.4 Å². The lowest BCUT2D eigenvalue weighted by atomic mass is 10.0. The second-order valence-corrected chi connectivity index (χ2v) is 8.38. The normalized spacial score (nSPS) is 12.1. The first-order chi connectivity index (χ1) is 13.0. The van der Waals surface area contributed by atoms with Gasteiger partial charge in [0, 0.05) is 10.9 Å². The molecule has 1 N–H and O–H groups in total. The molecule has 136 valence electrons. The summed E-state index contributed by atoms with van der Waals surface area (Å²) in [5, 5.41) is 8.77. The van der Waals surface area contributed by atoms with Gasteiger partial charge in [0.2, 0.25) is 0 Å². The summed E-state index contributed by atoms with van der Waals surface area (Å²) in [6.45, 7) is 0. The molecular weight excluding hydrogens is 376 g/mol. The van der Waals surface area contributed by atoms with Crippen LogP contribution in [-0.4, -0.2) is 8.42 Å². The average molecular weight is 395 g/mol. The van der Waals surface area contributed by atoms with Crippen molar-refractivity contribution in [3.63, 3.8) is 0 Å². The Morgan fingerprint density at radius 1 is 0.963 bits per heavy atom. The zero-order chi connectivity index (χ0) is 19.3. The minimum Gasteiger partial charge on any atom is -0.280 e. The highest BCUT2D eigenvalue weighted by Gasteiger charge is 2.15. The van der Waals surface area contributed by atoms with Crippen LogP contribution >= 0.6 is 12.6 Å². The molecule has 0 heterocycles. The van der Waals surface area contributed by atoms with Crippen LogP contribution in [0.15, 0.2) is 83.8 Å². The number of nitrogens with zero attached hydrogens (tertiary/aromatic N) is 1. The standard InChI is InChI=1S/C21H18N2O2S2/c22-15-17-11-9-16(10-12-17)13-21(26)18-5-4-6-19(14-18)23-27(24,25)20-7-2-1-3-8-20/h1-12,14,21,23,26H,13H2. The molecule has 3 aromatic rings. The lowest BCUT2D eigenvalue weighted by Crippen LogP contribution is -2.13. The Kier molecular flexibility index (Phi) is 5.84. The number of nitrogens with one attached hydrogen (secondary N) is 1. The second-order valence-electron chi connectivity index (χ2n) is 6.07. The van der Waals surface area contributed by atoms with Crippen molar-refractivity contribution < 1.29 is 8.42 Å². The fourth-order valence-electron chi connectivity index (χ4n) is 2.68. The van der Waals surface area contributed by atoms with Gasteiger partial charge >= 0.3 is 0 Å². The quantitative estimate of drug-likeness (QED) is 0.602. The Morgan fingerprint density at radius 3 is 2.33 bits per heavy atom. The monoisotopic (exact) mass is 394 g/mol. The SMILES string of the molecule is N#Cc1ccc(CC(S)c2cccc(NS(=O)(=O)c3ccccc3)c2)cc1. The summed E-state index contributed by atoms with van der Waals surface area (Å²) < 4.78 is 27.6. The van der Waals surface area contributed by atoms with Crippen LogP contribution in [0.4, 0.5) is 5.69 Å². The smallest absolute Gasteiger partial charge is 0.261 e. The Balaban J connectivity index is 1.75. The summed E-state index contributed by atoms with van der Waals surface area (Å²) in [4.78, 5) is 0.218. The number of thiol groups is 1. The number of anilines is 1. The summed E-state index contributed by atoms with van der Waals surface area (Å²) in [7, 11) is -3.63. The molecule has 3 rings (SSSR count). The highest BCUT2D eigenvalue weighted by molar-refractivity contribution is 7.92. The van der Waals surface area contributed by atoms with Gasteiger partial charge in [-0.3, -0.25) is 4.72 Å². The van der Waals surface area contributed by atoms with Crippen molar-refractivity contribution >= 4 is 28.3 Å². The van der Waals surface area contributed by atoms with E-state index < -0.39 is 10.0 Å². The van der Waals surface area contributed by atoms with E-state index in [1.807, 2.05) is 18.2 Å². The Bertz CT molecular complexity index is 1060. The van der Waals surface area contributed by atoms with E-state index in [0.717, 1.165) is 11.1 Å². The number of hydrogen-bond acceptors (Lipinski definition) is 4. The lowest BCUT2D eigenvalue weighted by molar-refractivity contribution is 0.601. The van der Waals surface area contributed by atoms with E-state index in [1.165, 1.54) is 0 Å².